The molecule has 2 aromatic rings. The second kappa shape index (κ2) is 12.8. The molecule has 7 atom stereocenters. The molecule has 1 saturated heterocycles. The maximum absolute atomic E-state index is 12.8. The first-order valence-electron chi connectivity index (χ1n) is 8.92. The highest BCUT2D eigenvalue weighted by atomic mass is 31.3. The zero-order chi connectivity index (χ0) is 25.5. The van der Waals surface area contributed by atoms with E-state index in [1.165, 1.54) is 30.5 Å². The zero-order valence-corrected chi connectivity index (χ0v) is 22.2. The number of phosphoric acid groups is 3. The van der Waals surface area contributed by atoms with Gasteiger partial charge >= 0.3 is 0 Å². The Morgan fingerprint density at radius 2 is 1.65 bits per heavy atom. The van der Waals surface area contributed by atoms with Gasteiger partial charge in [-0.05, 0) is 23.6 Å². The van der Waals surface area contributed by atoms with Crippen LogP contribution in [0.3, 0.4) is 0 Å². The number of rotatable bonds is 8. The standard InChI is InChI=1S/C15H17N2O14P3.3H3N/c16-6-8-1-2-9-3-4-17(14(20)10(9)5-8)15-13(19)12(18)11(29-15)7-28-33(24,25)31-34(26,27)30-32(21,22)23;;;/h1-5,11-13,15,18-19H,7H2,(H,24,25)(H,26,27)(H2,21,22,23);3*1H3/t11-,12-,13-,15-;;;/m1.../s1. The lowest BCUT2D eigenvalue weighted by molar-refractivity contribution is -0.250. The van der Waals surface area contributed by atoms with Crippen LogP contribution in [0.4, 0.5) is 0 Å². The van der Waals surface area contributed by atoms with E-state index in [9.17, 15) is 43.4 Å². The fraction of sp³-hybridized carbons (Fsp3) is 0.333. The number of aliphatic hydroxyl groups excluding tert-OH is 2. The molecule has 3 rings (SSSR count). The molecule has 0 spiro atoms. The van der Waals surface area contributed by atoms with E-state index in [1.54, 1.807) is 0 Å². The van der Waals surface area contributed by atoms with E-state index in [0.717, 1.165) is 4.57 Å². The molecule has 3 unspecified atom stereocenters. The van der Waals surface area contributed by atoms with Gasteiger partial charge in [-0.3, -0.25) is 23.1 Å². The average molecular weight is 593 g/mol. The number of phosphoric ester groups is 1. The Morgan fingerprint density at radius 3 is 2.22 bits per heavy atom. The van der Waals surface area contributed by atoms with Crippen LogP contribution in [-0.2, 0) is 31.6 Å². The van der Waals surface area contributed by atoms with Crippen molar-refractivity contribution in [3.63, 3.8) is 0 Å². The number of aliphatic hydroxyl groups is 2. The van der Waals surface area contributed by atoms with Crippen molar-refractivity contribution in [2.75, 3.05) is 6.61 Å². The van der Waals surface area contributed by atoms with Crippen LogP contribution in [0, 0.1) is 11.3 Å². The highest BCUT2D eigenvalue weighted by Gasteiger charge is 2.44. The number of pyridine rings is 1. The lowest BCUT2D eigenvalue weighted by Crippen LogP contribution is -2.35. The second-order valence-electron chi connectivity index (χ2n) is 6.81. The summed E-state index contributed by atoms with van der Waals surface area (Å²) in [5, 5.41) is 30.0. The third-order valence-electron chi connectivity index (χ3n) is 4.47. The van der Waals surface area contributed by atoms with Gasteiger partial charge in [-0.15, -0.1) is 0 Å². The molecule has 1 aliphatic heterocycles. The molecule has 210 valence electrons. The van der Waals surface area contributed by atoms with Crippen LogP contribution in [0.15, 0.2) is 35.3 Å². The van der Waals surface area contributed by atoms with Gasteiger partial charge in [-0.1, -0.05) is 6.07 Å². The molecule has 1 aromatic carbocycles. The van der Waals surface area contributed by atoms with Gasteiger partial charge in [0, 0.05) is 11.6 Å². The van der Waals surface area contributed by atoms with E-state index < -0.39 is 60.2 Å². The van der Waals surface area contributed by atoms with Gasteiger partial charge in [0.1, 0.15) is 18.3 Å². The van der Waals surface area contributed by atoms with Crippen LogP contribution in [0.25, 0.3) is 10.8 Å². The highest BCUT2D eigenvalue weighted by Crippen LogP contribution is 2.61. The fourth-order valence-corrected chi connectivity index (χ4v) is 5.97. The summed E-state index contributed by atoms with van der Waals surface area (Å²) in [6.45, 7) is -1.13. The minimum absolute atomic E-state index is 0. The van der Waals surface area contributed by atoms with Crippen molar-refractivity contribution in [1.82, 2.24) is 23.0 Å². The maximum atomic E-state index is 12.8. The van der Waals surface area contributed by atoms with E-state index in [2.05, 4.69) is 13.1 Å². The number of benzene rings is 1. The molecule has 1 aliphatic rings. The van der Waals surface area contributed by atoms with Crippen LogP contribution >= 0.6 is 23.5 Å². The third-order valence-corrected chi connectivity index (χ3v) is 8.16. The Labute approximate surface area is 208 Å². The summed E-state index contributed by atoms with van der Waals surface area (Å²) in [6, 6.07) is 7.63. The molecule has 0 bridgehead atoms. The first-order valence-corrected chi connectivity index (χ1v) is 13.3. The minimum Gasteiger partial charge on any atom is -0.756 e. The molecule has 0 aliphatic carbocycles. The molecule has 0 radical (unpaired) electrons. The number of quaternary nitrogens is 3. The van der Waals surface area contributed by atoms with Crippen LogP contribution in [0.2, 0.25) is 0 Å². The summed E-state index contributed by atoms with van der Waals surface area (Å²) < 4.78 is 50.3. The molecular formula is C15H26N5O14P3. The first-order chi connectivity index (χ1) is 15.6. The Balaban J connectivity index is 0.00000432. The van der Waals surface area contributed by atoms with E-state index in [1.807, 2.05) is 6.07 Å². The van der Waals surface area contributed by atoms with Crippen LogP contribution in [0.5, 0.6) is 0 Å². The molecular weight excluding hydrogens is 567 g/mol. The fourth-order valence-electron chi connectivity index (χ4n) is 3.07. The van der Waals surface area contributed by atoms with Gasteiger partial charge in [0.2, 0.25) is 0 Å². The van der Waals surface area contributed by atoms with Crippen LogP contribution in [-0.4, -0.2) is 44.6 Å². The van der Waals surface area contributed by atoms with Gasteiger partial charge in [0.05, 0.1) is 18.2 Å². The molecule has 1 fully saturated rings. The smallest absolute Gasteiger partial charge is 0.280 e. The lowest BCUT2D eigenvalue weighted by atomic mass is 10.1. The van der Waals surface area contributed by atoms with Crippen molar-refractivity contribution in [3.8, 4) is 6.07 Å². The van der Waals surface area contributed by atoms with Crippen molar-refractivity contribution in [3.05, 3.63) is 46.4 Å². The molecule has 1 aromatic heterocycles. The molecule has 0 saturated carbocycles. The van der Waals surface area contributed by atoms with Gasteiger partial charge in [-0.25, -0.2) is 8.62 Å². The second-order valence-corrected chi connectivity index (χ2v) is 11.1. The van der Waals surface area contributed by atoms with Gasteiger partial charge in [0.15, 0.2) is 6.23 Å². The van der Waals surface area contributed by atoms with Crippen molar-refractivity contribution in [1.29, 1.82) is 5.26 Å². The predicted octanol–water partition coefficient (Wildman–Crippen LogP) is -0.932. The molecule has 2 heterocycles. The zero-order valence-electron chi connectivity index (χ0n) is 19.5. The lowest BCUT2D eigenvalue weighted by Gasteiger charge is -2.33. The van der Waals surface area contributed by atoms with E-state index in [0.29, 0.717) is 5.39 Å². The molecule has 37 heavy (non-hydrogen) atoms. The molecule has 0 amide bonds. The predicted molar refractivity (Wildman–Crippen MR) is 120 cm³/mol. The van der Waals surface area contributed by atoms with Crippen molar-refractivity contribution in [2.24, 2.45) is 0 Å². The van der Waals surface area contributed by atoms with E-state index in [4.69, 9.17) is 14.9 Å². The maximum Gasteiger partial charge on any atom is 0.280 e. The quantitative estimate of drug-likeness (QED) is 0.201. The van der Waals surface area contributed by atoms with Gasteiger partial charge in [0.25, 0.3) is 29.0 Å². The number of hydrogen-bond acceptors (Lipinski definition) is 14. The topological polar surface area (TPSA) is 373 Å². The number of nitrogens with zero attached hydrogens (tertiary/aromatic N) is 2. The molecule has 15 N–H and O–H groups in total. The Morgan fingerprint density at radius 1 is 1.03 bits per heavy atom. The Bertz CT molecular complexity index is 1340. The van der Waals surface area contributed by atoms with Crippen LogP contribution < -0.4 is 38.7 Å². The molecule has 22 heteroatoms. The van der Waals surface area contributed by atoms with Gasteiger partial charge < -0.3 is 57.5 Å². The van der Waals surface area contributed by atoms with Crippen molar-refractivity contribution in [2.45, 2.75) is 24.5 Å². The summed E-state index contributed by atoms with van der Waals surface area (Å²) in [6.07, 6.45) is -5.54. The SMILES string of the molecule is N#Cc1ccc2ccn([C@@H]3O[C@H](COP(=O)([O-])OP(=O)([O-])OP(=O)([O-])O)[C@@H](O)[C@H]3O)c(=O)c2c1.[NH4+].[NH4+].[NH4+]. The summed E-state index contributed by atoms with van der Waals surface area (Å²) in [5.41, 5.74) is -0.525. The van der Waals surface area contributed by atoms with Crippen molar-refractivity contribution < 1.29 is 61.4 Å². The third kappa shape index (κ3) is 8.55. The van der Waals surface area contributed by atoms with E-state index in [-0.39, 0.29) is 29.4 Å². The normalized spacial score (nSPS) is 25.8. The summed E-state index contributed by atoms with van der Waals surface area (Å²) in [7, 11) is -17.9. The minimum atomic E-state index is -6.12. The van der Waals surface area contributed by atoms with Crippen molar-refractivity contribution >= 4 is 34.2 Å². The monoisotopic (exact) mass is 593 g/mol. The first kappa shape index (κ1) is 35.1. The average Bonchev–Trinajstić information content (AvgIpc) is 2.98. The summed E-state index contributed by atoms with van der Waals surface area (Å²) in [5.74, 6) is 0. The summed E-state index contributed by atoms with van der Waals surface area (Å²) >= 11 is 0. The van der Waals surface area contributed by atoms with Crippen LogP contribution in [0.1, 0.15) is 11.8 Å². The largest absolute Gasteiger partial charge is 0.756 e. The Kier molecular flexibility index (Phi) is 12.1. The summed E-state index contributed by atoms with van der Waals surface area (Å²) in [4.78, 5) is 54.5. The highest BCUT2D eigenvalue weighted by molar-refractivity contribution is 7.65. The number of nitriles is 1. The van der Waals surface area contributed by atoms with Gasteiger partial charge in [-0.2, -0.15) is 5.26 Å². The number of fused-ring (bicyclic) bond motifs is 1. The Hall–Kier alpha value is -1.91. The molecule has 19 nitrogen and oxygen atoms in total. The number of hydrogen-bond donors (Lipinski definition) is 6. The number of ether oxygens (including phenoxy) is 1. The number of aromatic nitrogens is 1. The van der Waals surface area contributed by atoms with E-state index >= 15 is 0 Å².